The summed E-state index contributed by atoms with van der Waals surface area (Å²) in [6.07, 6.45) is -18.7. The summed E-state index contributed by atoms with van der Waals surface area (Å²) < 4.78 is 13.0. The molecule has 0 aromatic rings. The highest BCUT2D eigenvalue weighted by molar-refractivity contribution is 6.04. The van der Waals surface area contributed by atoms with Crippen molar-refractivity contribution in [2.75, 3.05) is 6.61 Å². The summed E-state index contributed by atoms with van der Waals surface area (Å²) in [5.74, 6) is -13.8. The highest BCUT2D eigenvalue weighted by atomic mass is 16.8. The molecule has 19 nitrogen and oxygen atoms in total. The smallest absolute Gasteiger partial charge is 0.481 e. The Kier molecular flexibility index (Phi) is 13.6. The van der Waals surface area contributed by atoms with Crippen LogP contribution in [0.25, 0.3) is 0 Å². The molecule has 7 atom stereocenters. The minimum absolute atomic E-state index is 0.716. The summed E-state index contributed by atoms with van der Waals surface area (Å²) in [5, 5.41) is 84.2. The number of esters is 2. The molecule has 0 radical (unpaired) electrons. The van der Waals surface area contributed by atoms with Gasteiger partial charge in [0.05, 0.1) is 25.6 Å². The monoisotopic (exact) mass is 572 g/mol. The van der Waals surface area contributed by atoms with E-state index in [1.54, 1.807) is 0 Å². The number of hydrogen-bond donors (Lipinski definition) is 9. The Labute approximate surface area is 217 Å². The van der Waals surface area contributed by atoms with Crippen LogP contribution in [0, 0.1) is 5.92 Å². The third kappa shape index (κ3) is 10.1. The molecule has 0 amide bonds. The van der Waals surface area contributed by atoms with Gasteiger partial charge in [0, 0.05) is 0 Å². The zero-order valence-electron chi connectivity index (χ0n) is 20.3. The maximum Gasteiger partial charge on any atom is 0.517 e. The Balaban J connectivity index is 5.55. The summed E-state index contributed by atoms with van der Waals surface area (Å²) in [6, 6.07) is 0. The third-order valence-electron chi connectivity index (χ3n) is 4.94. The van der Waals surface area contributed by atoms with Crippen molar-refractivity contribution in [2.45, 2.75) is 68.9 Å². The van der Waals surface area contributed by atoms with Crippen LogP contribution in [0.3, 0.4) is 0 Å². The lowest BCUT2D eigenvalue weighted by atomic mass is 9.90. The molecule has 0 saturated carbocycles. The fraction of sp³-hybridized carbons (Fsp3) is 0.650. The van der Waals surface area contributed by atoms with Crippen LogP contribution in [0.1, 0.15) is 26.7 Å². The number of carbonyl (C=O) groups excluding carboxylic acids is 4. The predicted octanol–water partition coefficient (Wildman–Crippen LogP) is -4.63. The summed E-state index contributed by atoms with van der Waals surface area (Å²) in [4.78, 5) is 82.3. The lowest BCUT2D eigenvalue weighted by molar-refractivity contribution is -0.191. The number of aliphatic carboxylic acids is 3. The van der Waals surface area contributed by atoms with Gasteiger partial charge in [-0.3, -0.25) is 19.2 Å². The number of ketones is 1. The molecule has 0 aliphatic carbocycles. The minimum atomic E-state index is -3.12. The molecule has 0 aromatic heterocycles. The van der Waals surface area contributed by atoms with Gasteiger partial charge in [0.15, 0.2) is 11.9 Å². The maximum absolute atomic E-state index is 12.4. The lowest BCUT2D eigenvalue weighted by Crippen LogP contribution is -2.52. The lowest BCUT2D eigenvalue weighted by Gasteiger charge is -2.28. The number of aliphatic hydroxyl groups excluding tert-OH is 6. The second-order valence-corrected chi connectivity index (χ2v) is 8.09. The number of carbonyl (C=O) groups is 7. The fourth-order valence-corrected chi connectivity index (χ4v) is 2.88. The van der Waals surface area contributed by atoms with E-state index < -0.39 is 109 Å². The van der Waals surface area contributed by atoms with E-state index in [0.29, 0.717) is 6.92 Å². The van der Waals surface area contributed by atoms with Gasteiger partial charge in [-0.25, -0.2) is 14.4 Å². The Hall–Kier alpha value is -3.75. The quantitative estimate of drug-likeness (QED) is 0.0620. The van der Waals surface area contributed by atoms with Crippen molar-refractivity contribution >= 4 is 41.8 Å². The molecule has 0 heterocycles. The highest BCUT2D eigenvalue weighted by Crippen LogP contribution is 2.24. The average molecular weight is 572 g/mol. The van der Waals surface area contributed by atoms with Crippen LogP contribution in [0.4, 0.5) is 4.79 Å². The van der Waals surface area contributed by atoms with Crippen LogP contribution in [0.2, 0.25) is 0 Å². The molecule has 0 aromatic carbocycles. The number of carboxylic acid groups (broad SMARTS) is 3. The first-order valence-electron chi connectivity index (χ1n) is 10.7. The first kappa shape index (κ1) is 35.2. The van der Waals surface area contributed by atoms with Gasteiger partial charge >= 0.3 is 36.0 Å². The Morgan fingerprint density at radius 1 is 0.769 bits per heavy atom. The standard InChI is InChI=1S/C20H28O19/c1-6(22)11(13(29)15(31)14(30)12(28)8(23)5-21)17(33)38-19(36)37-7(2)16(32)39-20(18(34)35,3-9(24)25)4-10(26)27/h6-8,11-12,14-15,21-23,28,30-31H,3-5H2,1-2H3,(H,24,25)(H,26,27)(H,34,35)/t6?,7?,8-,11?,12-,14+,15+/m1/s1. The van der Waals surface area contributed by atoms with E-state index in [9.17, 15) is 64.2 Å². The Morgan fingerprint density at radius 3 is 1.64 bits per heavy atom. The molecule has 19 heteroatoms. The number of rotatable bonds is 16. The number of hydrogen-bond acceptors (Lipinski definition) is 16. The number of carboxylic acids is 3. The molecule has 0 saturated heterocycles. The van der Waals surface area contributed by atoms with E-state index in [0.717, 1.165) is 6.92 Å². The maximum atomic E-state index is 12.4. The second-order valence-electron chi connectivity index (χ2n) is 8.09. The molecule has 222 valence electrons. The van der Waals surface area contributed by atoms with Gasteiger partial charge in [-0.1, -0.05) is 0 Å². The zero-order valence-corrected chi connectivity index (χ0v) is 20.3. The van der Waals surface area contributed by atoms with Gasteiger partial charge in [0.1, 0.15) is 30.3 Å². The summed E-state index contributed by atoms with van der Waals surface area (Å²) in [6.45, 7) is 0.421. The SMILES string of the molecule is CC(OC(=O)OC(=O)C(C(=O)[C@H](O)[C@@H](O)[C@H](O)[C@H](O)CO)C(C)O)C(=O)OC(CC(=O)O)(CC(=O)O)C(=O)O. The van der Waals surface area contributed by atoms with Crippen molar-refractivity contribution in [3.05, 3.63) is 0 Å². The van der Waals surface area contributed by atoms with Crippen LogP contribution < -0.4 is 0 Å². The van der Waals surface area contributed by atoms with Crippen molar-refractivity contribution in [3.63, 3.8) is 0 Å². The summed E-state index contributed by atoms with van der Waals surface area (Å²) in [7, 11) is 0. The molecule has 0 spiro atoms. The van der Waals surface area contributed by atoms with Gasteiger partial charge in [-0.05, 0) is 13.8 Å². The van der Waals surface area contributed by atoms with E-state index in [-0.39, 0.29) is 0 Å². The molecule has 0 aliphatic heterocycles. The van der Waals surface area contributed by atoms with Crippen molar-refractivity contribution in [1.82, 2.24) is 0 Å². The van der Waals surface area contributed by atoms with E-state index >= 15 is 0 Å². The zero-order chi connectivity index (χ0) is 30.8. The van der Waals surface area contributed by atoms with E-state index in [2.05, 4.69) is 14.2 Å². The number of ether oxygens (including phenoxy) is 3. The van der Waals surface area contributed by atoms with Crippen LogP contribution >= 0.6 is 0 Å². The second kappa shape index (κ2) is 15.0. The van der Waals surface area contributed by atoms with Crippen molar-refractivity contribution in [2.24, 2.45) is 5.92 Å². The molecular weight excluding hydrogens is 544 g/mol. The third-order valence-corrected chi connectivity index (χ3v) is 4.94. The largest absolute Gasteiger partial charge is 0.517 e. The first-order chi connectivity index (χ1) is 17.8. The normalized spacial score (nSPS) is 16.8. The number of Topliss-reactive ketones (excluding diaryl/α,β-unsaturated/α-hetero) is 1. The van der Waals surface area contributed by atoms with Crippen molar-refractivity contribution in [1.29, 1.82) is 0 Å². The average Bonchev–Trinajstić information content (AvgIpc) is 2.80. The van der Waals surface area contributed by atoms with Crippen LogP contribution in [0.15, 0.2) is 0 Å². The first-order valence-corrected chi connectivity index (χ1v) is 10.7. The van der Waals surface area contributed by atoms with Gasteiger partial charge in [-0.2, -0.15) is 0 Å². The van der Waals surface area contributed by atoms with Gasteiger partial charge in [-0.15, -0.1) is 0 Å². The minimum Gasteiger partial charge on any atom is -0.481 e. The van der Waals surface area contributed by atoms with E-state index in [1.165, 1.54) is 0 Å². The van der Waals surface area contributed by atoms with Gasteiger partial charge in [0.2, 0.25) is 5.60 Å². The number of aliphatic hydroxyl groups is 6. The molecule has 3 unspecified atom stereocenters. The molecule has 39 heavy (non-hydrogen) atoms. The topological polar surface area (TPSA) is 329 Å². The summed E-state index contributed by atoms with van der Waals surface area (Å²) in [5.41, 5.74) is -3.12. The highest BCUT2D eigenvalue weighted by Gasteiger charge is 2.48. The van der Waals surface area contributed by atoms with Gasteiger partial charge in [0.25, 0.3) is 0 Å². The fourth-order valence-electron chi connectivity index (χ4n) is 2.88. The van der Waals surface area contributed by atoms with Crippen LogP contribution in [0.5, 0.6) is 0 Å². The van der Waals surface area contributed by atoms with Crippen LogP contribution in [-0.4, -0.2) is 137 Å². The predicted molar refractivity (Wildman–Crippen MR) is 114 cm³/mol. The van der Waals surface area contributed by atoms with Crippen LogP contribution in [-0.2, 0) is 43.0 Å². The molecular formula is C20H28O19. The summed E-state index contributed by atoms with van der Waals surface area (Å²) >= 11 is 0. The van der Waals surface area contributed by atoms with Crippen molar-refractivity contribution in [3.8, 4) is 0 Å². The molecule has 0 rings (SSSR count). The van der Waals surface area contributed by atoms with E-state index in [4.69, 9.17) is 15.3 Å². The molecule has 9 N–H and O–H groups in total. The Morgan fingerprint density at radius 2 is 1.26 bits per heavy atom. The van der Waals surface area contributed by atoms with Gasteiger partial charge < -0.3 is 60.2 Å². The van der Waals surface area contributed by atoms with Crippen molar-refractivity contribution < 1.29 is 93.7 Å². The molecule has 0 bridgehead atoms. The molecule has 0 fully saturated rings. The Bertz CT molecular complexity index is 925. The molecule has 0 aliphatic rings. The van der Waals surface area contributed by atoms with E-state index in [1.807, 2.05) is 0 Å².